The normalized spacial score (nSPS) is 12.6. The fourth-order valence-electron chi connectivity index (χ4n) is 3.80. The van der Waals surface area contributed by atoms with E-state index in [1.807, 2.05) is 6.92 Å². The van der Waals surface area contributed by atoms with Crippen LogP contribution in [0, 0.1) is 11.6 Å². The summed E-state index contributed by atoms with van der Waals surface area (Å²) in [4.78, 5) is 16.9. The number of pyridine rings is 1. The van der Waals surface area contributed by atoms with Crippen LogP contribution in [-0.2, 0) is 0 Å². The number of nitrogens with one attached hydrogen (secondary N) is 1. The highest BCUT2D eigenvalue weighted by atomic mass is 35.5. The highest BCUT2D eigenvalue weighted by Gasteiger charge is 2.20. The summed E-state index contributed by atoms with van der Waals surface area (Å²) in [6.07, 6.45) is 0.880. The van der Waals surface area contributed by atoms with Gasteiger partial charge in [-0.2, -0.15) is 0 Å². The quantitative estimate of drug-likeness (QED) is 0.237. The lowest BCUT2D eigenvalue weighted by atomic mass is 10.0. The Morgan fingerprint density at radius 1 is 0.973 bits per heavy atom. The number of carbonyl (C=O) groups is 1. The van der Waals surface area contributed by atoms with Gasteiger partial charge in [0.15, 0.2) is 11.6 Å². The predicted octanol–water partition coefficient (Wildman–Crippen LogP) is 7.55. The molecule has 0 spiro atoms. The Hall–Kier alpha value is -3.68. The van der Waals surface area contributed by atoms with E-state index < -0.39 is 11.9 Å². The minimum Gasteiger partial charge on any atom is -0.482 e. The first-order valence-electron chi connectivity index (χ1n) is 11.4. The SMILES string of the molecule is CC(NC(=O)c1ccc(-c2cnc(N)c(OC(C)c3c(Cl)ccc(F)c3Cl)c2)cc1)c1ccc(F)cc1. The predicted molar refractivity (Wildman–Crippen MR) is 142 cm³/mol. The van der Waals surface area contributed by atoms with Gasteiger partial charge in [-0.05, 0) is 67.4 Å². The van der Waals surface area contributed by atoms with Gasteiger partial charge in [0, 0.05) is 27.9 Å². The Morgan fingerprint density at radius 3 is 2.32 bits per heavy atom. The van der Waals surface area contributed by atoms with Crippen molar-refractivity contribution in [3.8, 4) is 16.9 Å². The third-order valence-corrected chi connectivity index (χ3v) is 6.58. The molecule has 0 saturated heterocycles. The van der Waals surface area contributed by atoms with Gasteiger partial charge in [-0.15, -0.1) is 0 Å². The number of amides is 1. The molecule has 9 heteroatoms. The van der Waals surface area contributed by atoms with Crippen molar-refractivity contribution in [2.75, 3.05) is 5.73 Å². The number of nitrogens with zero attached hydrogens (tertiary/aromatic N) is 1. The molecule has 0 bridgehead atoms. The summed E-state index contributed by atoms with van der Waals surface area (Å²) >= 11 is 12.3. The van der Waals surface area contributed by atoms with Crippen molar-refractivity contribution < 1.29 is 18.3 Å². The number of aromatic nitrogens is 1. The van der Waals surface area contributed by atoms with E-state index in [1.165, 1.54) is 24.3 Å². The van der Waals surface area contributed by atoms with Crippen LogP contribution in [0.3, 0.4) is 0 Å². The molecule has 5 nitrogen and oxygen atoms in total. The van der Waals surface area contributed by atoms with Crippen LogP contribution in [0.15, 0.2) is 72.9 Å². The number of halogens is 4. The molecule has 0 fully saturated rings. The molecule has 4 aromatic rings. The van der Waals surface area contributed by atoms with Crippen molar-refractivity contribution in [3.63, 3.8) is 0 Å². The van der Waals surface area contributed by atoms with Crippen LogP contribution in [0.1, 0.15) is 47.5 Å². The maximum Gasteiger partial charge on any atom is 0.251 e. The number of anilines is 1. The van der Waals surface area contributed by atoms with Crippen LogP contribution in [0.5, 0.6) is 5.75 Å². The number of hydrogen-bond acceptors (Lipinski definition) is 4. The van der Waals surface area contributed by atoms with Gasteiger partial charge in [-0.25, -0.2) is 13.8 Å². The number of rotatable bonds is 7. The van der Waals surface area contributed by atoms with E-state index in [-0.39, 0.29) is 39.4 Å². The van der Waals surface area contributed by atoms with E-state index in [0.717, 1.165) is 11.1 Å². The van der Waals surface area contributed by atoms with Crippen LogP contribution >= 0.6 is 23.2 Å². The van der Waals surface area contributed by atoms with Gasteiger partial charge in [0.05, 0.1) is 11.1 Å². The van der Waals surface area contributed by atoms with Gasteiger partial charge in [-0.3, -0.25) is 4.79 Å². The number of ether oxygens (including phenoxy) is 1. The van der Waals surface area contributed by atoms with Gasteiger partial charge in [0.1, 0.15) is 17.7 Å². The molecule has 3 aromatic carbocycles. The topological polar surface area (TPSA) is 77.2 Å². The van der Waals surface area contributed by atoms with Crippen molar-refractivity contribution >= 4 is 34.9 Å². The molecule has 0 radical (unpaired) electrons. The zero-order chi connectivity index (χ0) is 26.7. The van der Waals surface area contributed by atoms with Gasteiger partial charge in [0.25, 0.3) is 5.91 Å². The molecular formula is C28H23Cl2F2N3O2. The molecule has 1 aromatic heterocycles. The van der Waals surface area contributed by atoms with Crippen molar-refractivity contribution in [3.05, 3.63) is 111 Å². The maximum absolute atomic E-state index is 14.0. The molecule has 2 unspecified atom stereocenters. The molecule has 2 atom stereocenters. The third kappa shape index (κ3) is 6.01. The largest absolute Gasteiger partial charge is 0.482 e. The van der Waals surface area contributed by atoms with Crippen LogP contribution in [0.25, 0.3) is 11.1 Å². The Labute approximate surface area is 223 Å². The molecule has 4 rings (SSSR count). The first-order valence-corrected chi connectivity index (χ1v) is 12.1. The monoisotopic (exact) mass is 541 g/mol. The zero-order valence-corrected chi connectivity index (χ0v) is 21.4. The van der Waals surface area contributed by atoms with E-state index in [1.54, 1.807) is 55.6 Å². The fraction of sp³-hybridized carbons (Fsp3) is 0.143. The maximum atomic E-state index is 14.0. The van der Waals surface area contributed by atoms with Crippen LogP contribution < -0.4 is 15.8 Å². The highest BCUT2D eigenvalue weighted by molar-refractivity contribution is 6.36. The van der Waals surface area contributed by atoms with Gasteiger partial charge in [-0.1, -0.05) is 47.5 Å². The van der Waals surface area contributed by atoms with Crippen molar-refractivity contribution in [2.45, 2.75) is 26.0 Å². The van der Waals surface area contributed by atoms with Crippen molar-refractivity contribution in [1.82, 2.24) is 10.3 Å². The van der Waals surface area contributed by atoms with E-state index in [0.29, 0.717) is 16.7 Å². The average Bonchev–Trinajstić information content (AvgIpc) is 2.88. The van der Waals surface area contributed by atoms with E-state index in [9.17, 15) is 13.6 Å². The molecule has 3 N–H and O–H groups in total. The fourth-order valence-corrected chi connectivity index (χ4v) is 4.48. The summed E-state index contributed by atoms with van der Waals surface area (Å²) in [6.45, 7) is 3.51. The second-order valence-corrected chi connectivity index (χ2v) is 9.23. The lowest BCUT2D eigenvalue weighted by molar-refractivity contribution is 0.0940. The third-order valence-electron chi connectivity index (χ3n) is 5.87. The number of nitrogen functional groups attached to an aromatic ring is 1. The Kier molecular flexibility index (Phi) is 7.95. The van der Waals surface area contributed by atoms with Crippen LogP contribution in [-0.4, -0.2) is 10.9 Å². The van der Waals surface area contributed by atoms with E-state index in [2.05, 4.69) is 10.3 Å². The minimum absolute atomic E-state index is 0.120. The van der Waals surface area contributed by atoms with E-state index in [4.69, 9.17) is 33.7 Å². The number of benzene rings is 3. The second kappa shape index (κ2) is 11.2. The second-order valence-electron chi connectivity index (χ2n) is 8.45. The molecule has 37 heavy (non-hydrogen) atoms. The zero-order valence-electron chi connectivity index (χ0n) is 19.9. The first-order chi connectivity index (χ1) is 17.6. The summed E-state index contributed by atoms with van der Waals surface area (Å²) in [5, 5.41) is 3.05. The van der Waals surface area contributed by atoms with Crippen LogP contribution in [0.2, 0.25) is 10.0 Å². The number of hydrogen-bond donors (Lipinski definition) is 2. The summed E-state index contributed by atoms with van der Waals surface area (Å²) < 4.78 is 33.1. The standard InChI is InChI=1S/C28H23Cl2F2N3O2/c1-15(17-7-9-21(31)10-8-17)35-28(36)19-5-3-18(4-6-19)20-13-24(27(33)34-14-20)37-16(2)25-22(29)11-12-23(32)26(25)30/h3-16H,1-2H3,(H2,33,34)(H,35,36). The van der Waals surface area contributed by atoms with Crippen LogP contribution in [0.4, 0.5) is 14.6 Å². The summed E-state index contributed by atoms with van der Waals surface area (Å²) in [6, 6.07) is 16.9. The summed E-state index contributed by atoms with van der Waals surface area (Å²) in [5.74, 6) is -0.783. The molecule has 0 aliphatic heterocycles. The number of carbonyl (C=O) groups excluding carboxylic acids is 1. The van der Waals surface area contributed by atoms with E-state index >= 15 is 0 Å². The number of nitrogens with two attached hydrogens (primary N) is 1. The molecule has 0 aliphatic carbocycles. The van der Waals surface area contributed by atoms with Gasteiger partial charge >= 0.3 is 0 Å². The van der Waals surface area contributed by atoms with Crippen molar-refractivity contribution in [2.24, 2.45) is 0 Å². The minimum atomic E-state index is -0.704. The Morgan fingerprint density at radius 2 is 1.65 bits per heavy atom. The first kappa shape index (κ1) is 26.4. The molecule has 0 aliphatic rings. The molecule has 0 saturated carbocycles. The van der Waals surface area contributed by atoms with Crippen molar-refractivity contribution in [1.29, 1.82) is 0 Å². The summed E-state index contributed by atoms with van der Waals surface area (Å²) in [5.41, 5.74) is 9.04. The Balaban J connectivity index is 1.50. The average molecular weight is 542 g/mol. The van der Waals surface area contributed by atoms with Gasteiger partial charge < -0.3 is 15.8 Å². The Bertz CT molecular complexity index is 1430. The van der Waals surface area contributed by atoms with Gasteiger partial charge in [0.2, 0.25) is 0 Å². The smallest absolute Gasteiger partial charge is 0.251 e. The summed E-state index contributed by atoms with van der Waals surface area (Å²) in [7, 11) is 0. The highest BCUT2D eigenvalue weighted by Crippen LogP contribution is 2.37. The lowest BCUT2D eigenvalue weighted by Gasteiger charge is -2.19. The molecule has 190 valence electrons. The lowest BCUT2D eigenvalue weighted by Crippen LogP contribution is -2.26. The molecule has 1 heterocycles. The molecule has 1 amide bonds. The molecular weight excluding hydrogens is 519 g/mol.